The number of anilines is 1. The average Bonchev–Trinajstić information content (AvgIpc) is 2.83. The zero-order valence-electron chi connectivity index (χ0n) is 9.38. The zero-order valence-corrected chi connectivity index (χ0v) is 11.0. The number of nitrogens with two attached hydrogens (primary N) is 1. The monoisotopic (exact) mass is 272 g/mol. The second-order valence-electron chi connectivity index (χ2n) is 3.76. The number of sulfone groups is 1. The molecule has 7 heteroatoms. The van der Waals surface area contributed by atoms with Gasteiger partial charge in [-0.3, -0.25) is 0 Å². The summed E-state index contributed by atoms with van der Waals surface area (Å²) in [4.78, 5) is 0.856. The van der Waals surface area contributed by atoms with Crippen LogP contribution in [0, 0.1) is 0 Å². The predicted molar refractivity (Wildman–Crippen MR) is 67.5 cm³/mol. The SMILES string of the molecule is CC(c1onc(N)c1-c1cccs1)S(C)(=O)=O. The van der Waals surface area contributed by atoms with Gasteiger partial charge in [0.2, 0.25) is 0 Å². The zero-order chi connectivity index (χ0) is 12.6. The topological polar surface area (TPSA) is 86.2 Å². The number of nitrogens with zero attached hydrogens (tertiary/aromatic N) is 1. The molecule has 0 saturated carbocycles. The van der Waals surface area contributed by atoms with Crippen molar-refractivity contribution in [1.82, 2.24) is 5.16 Å². The third-order valence-corrected chi connectivity index (χ3v) is 4.91. The first-order valence-electron chi connectivity index (χ1n) is 4.89. The van der Waals surface area contributed by atoms with Crippen LogP contribution in [0.1, 0.15) is 17.9 Å². The molecule has 0 aromatic carbocycles. The summed E-state index contributed by atoms with van der Waals surface area (Å²) in [6.07, 6.45) is 1.16. The molecule has 2 heterocycles. The molecule has 0 radical (unpaired) electrons. The summed E-state index contributed by atoms with van der Waals surface area (Å²) in [7, 11) is -3.24. The summed E-state index contributed by atoms with van der Waals surface area (Å²) in [6.45, 7) is 1.56. The van der Waals surface area contributed by atoms with E-state index in [4.69, 9.17) is 10.3 Å². The smallest absolute Gasteiger partial charge is 0.175 e. The van der Waals surface area contributed by atoms with Crippen molar-refractivity contribution in [3.8, 4) is 10.4 Å². The van der Waals surface area contributed by atoms with Crippen LogP contribution in [-0.2, 0) is 9.84 Å². The maximum absolute atomic E-state index is 11.5. The molecule has 17 heavy (non-hydrogen) atoms. The lowest BCUT2D eigenvalue weighted by molar-refractivity contribution is 0.385. The van der Waals surface area contributed by atoms with E-state index in [1.165, 1.54) is 11.3 Å². The normalized spacial score (nSPS) is 13.8. The Morgan fingerprint density at radius 1 is 1.53 bits per heavy atom. The highest BCUT2D eigenvalue weighted by molar-refractivity contribution is 7.90. The first-order valence-corrected chi connectivity index (χ1v) is 7.72. The highest BCUT2D eigenvalue weighted by Gasteiger charge is 2.28. The van der Waals surface area contributed by atoms with Gasteiger partial charge in [0.05, 0.1) is 5.56 Å². The second-order valence-corrected chi connectivity index (χ2v) is 7.07. The molecule has 2 aromatic heterocycles. The van der Waals surface area contributed by atoms with Crippen molar-refractivity contribution in [1.29, 1.82) is 0 Å². The Kier molecular flexibility index (Phi) is 2.96. The first kappa shape index (κ1) is 12.1. The van der Waals surface area contributed by atoms with E-state index >= 15 is 0 Å². The van der Waals surface area contributed by atoms with Gasteiger partial charge in [0.1, 0.15) is 5.25 Å². The van der Waals surface area contributed by atoms with Crippen LogP contribution < -0.4 is 5.73 Å². The first-order chi connectivity index (χ1) is 7.91. The molecule has 0 saturated heterocycles. The summed E-state index contributed by atoms with van der Waals surface area (Å²) < 4.78 is 28.1. The van der Waals surface area contributed by atoms with Gasteiger partial charge in [-0.25, -0.2) is 8.42 Å². The van der Waals surface area contributed by atoms with Crippen molar-refractivity contribution >= 4 is 27.0 Å². The van der Waals surface area contributed by atoms with Gasteiger partial charge in [-0.05, 0) is 18.4 Å². The van der Waals surface area contributed by atoms with Crippen LogP contribution in [0.4, 0.5) is 5.82 Å². The van der Waals surface area contributed by atoms with Crippen LogP contribution in [0.3, 0.4) is 0 Å². The van der Waals surface area contributed by atoms with Crippen molar-refractivity contribution in [3.63, 3.8) is 0 Å². The lowest BCUT2D eigenvalue weighted by Gasteiger charge is -2.06. The van der Waals surface area contributed by atoms with Crippen LogP contribution in [0.25, 0.3) is 10.4 Å². The van der Waals surface area contributed by atoms with Crippen molar-refractivity contribution in [2.45, 2.75) is 12.2 Å². The van der Waals surface area contributed by atoms with E-state index in [2.05, 4.69) is 5.16 Å². The van der Waals surface area contributed by atoms with E-state index in [-0.39, 0.29) is 5.82 Å². The van der Waals surface area contributed by atoms with Gasteiger partial charge in [0, 0.05) is 11.1 Å². The summed E-state index contributed by atoms with van der Waals surface area (Å²) in [6, 6.07) is 3.72. The molecule has 2 aromatic rings. The van der Waals surface area contributed by atoms with E-state index in [1.54, 1.807) is 6.92 Å². The van der Waals surface area contributed by atoms with Crippen molar-refractivity contribution in [2.75, 3.05) is 12.0 Å². The lowest BCUT2D eigenvalue weighted by Crippen LogP contribution is -2.07. The number of hydrogen-bond donors (Lipinski definition) is 1. The summed E-state index contributed by atoms with van der Waals surface area (Å²) in [5.41, 5.74) is 6.30. The summed E-state index contributed by atoms with van der Waals surface area (Å²) in [5, 5.41) is 4.78. The van der Waals surface area contributed by atoms with E-state index in [0.717, 1.165) is 11.1 Å². The molecule has 0 fully saturated rings. The fraction of sp³-hybridized carbons (Fsp3) is 0.300. The largest absolute Gasteiger partial charge is 0.380 e. The molecule has 5 nitrogen and oxygen atoms in total. The molecule has 1 unspecified atom stereocenters. The van der Waals surface area contributed by atoms with E-state index in [9.17, 15) is 8.42 Å². The second kappa shape index (κ2) is 4.15. The molecule has 0 amide bonds. The minimum atomic E-state index is -3.24. The Balaban J connectivity index is 2.58. The minimum Gasteiger partial charge on any atom is -0.380 e. The van der Waals surface area contributed by atoms with Gasteiger partial charge in [-0.15, -0.1) is 11.3 Å². The van der Waals surface area contributed by atoms with Crippen LogP contribution in [0.5, 0.6) is 0 Å². The van der Waals surface area contributed by atoms with Crippen LogP contribution in [-0.4, -0.2) is 19.8 Å². The Morgan fingerprint density at radius 3 is 2.76 bits per heavy atom. The number of hydrogen-bond acceptors (Lipinski definition) is 6. The molecule has 0 bridgehead atoms. The number of nitrogen functional groups attached to an aromatic ring is 1. The molecule has 2 N–H and O–H groups in total. The fourth-order valence-electron chi connectivity index (χ4n) is 1.46. The summed E-state index contributed by atoms with van der Waals surface area (Å²) >= 11 is 1.46. The fourth-order valence-corrected chi connectivity index (χ4v) is 2.79. The minimum absolute atomic E-state index is 0.220. The lowest BCUT2D eigenvalue weighted by atomic mass is 10.1. The van der Waals surface area contributed by atoms with Crippen LogP contribution in [0.15, 0.2) is 22.0 Å². The molecular weight excluding hydrogens is 260 g/mol. The van der Waals surface area contributed by atoms with Gasteiger partial charge < -0.3 is 10.3 Å². The molecule has 1 atom stereocenters. The molecular formula is C10H12N2O3S2. The van der Waals surface area contributed by atoms with E-state index in [1.807, 2.05) is 17.5 Å². The van der Waals surface area contributed by atoms with Gasteiger partial charge in [-0.1, -0.05) is 11.2 Å². The Hall–Kier alpha value is -1.34. The Labute approximate surface area is 103 Å². The highest BCUT2D eigenvalue weighted by atomic mass is 32.2. The van der Waals surface area contributed by atoms with Crippen molar-refractivity contribution in [3.05, 3.63) is 23.3 Å². The van der Waals surface area contributed by atoms with Crippen molar-refractivity contribution < 1.29 is 12.9 Å². The molecule has 0 aliphatic carbocycles. The quantitative estimate of drug-likeness (QED) is 0.924. The van der Waals surface area contributed by atoms with Gasteiger partial charge in [-0.2, -0.15) is 0 Å². The van der Waals surface area contributed by atoms with E-state index in [0.29, 0.717) is 11.3 Å². The number of rotatable bonds is 3. The number of thiophene rings is 1. The Bertz CT molecular complexity index is 614. The summed E-state index contributed by atoms with van der Waals surface area (Å²) in [5.74, 6) is 0.519. The Morgan fingerprint density at radius 2 is 2.24 bits per heavy atom. The molecule has 0 spiro atoms. The third kappa shape index (κ3) is 2.20. The standard InChI is InChI=1S/C10H12N2O3S2/c1-6(17(2,13)14)9-8(10(11)12-15-9)7-4-3-5-16-7/h3-6H,1-2H3,(H2,11,12). The predicted octanol–water partition coefficient (Wildman–Crippen LogP) is 2.09. The van der Waals surface area contributed by atoms with Crippen molar-refractivity contribution in [2.24, 2.45) is 0 Å². The number of aromatic nitrogens is 1. The van der Waals surface area contributed by atoms with Gasteiger partial charge >= 0.3 is 0 Å². The highest BCUT2D eigenvalue weighted by Crippen LogP contribution is 2.38. The maximum atomic E-state index is 11.5. The molecule has 0 aliphatic heterocycles. The van der Waals surface area contributed by atoms with Crippen LogP contribution in [0.2, 0.25) is 0 Å². The molecule has 0 aliphatic rings. The third-order valence-electron chi connectivity index (χ3n) is 2.52. The maximum Gasteiger partial charge on any atom is 0.175 e. The molecule has 92 valence electrons. The van der Waals surface area contributed by atoms with Gasteiger partial charge in [0.15, 0.2) is 21.4 Å². The van der Waals surface area contributed by atoms with Crippen LogP contribution >= 0.6 is 11.3 Å². The molecule has 2 rings (SSSR count). The van der Waals surface area contributed by atoms with E-state index < -0.39 is 15.1 Å². The van der Waals surface area contributed by atoms with Gasteiger partial charge in [0.25, 0.3) is 0 Å². The average molecular weight is 272 g/mol.